The monoisotopic (exact) mass is 471 g/mol. The molecule has 2 aliphatic carbocycles. The van der Waals surface area contributed by atoms with Gasteiger partial charge in [0.15, 0.2) is 0 Å². The predicted octanol–water partition coefficient (Wildman–Crippen LogP) is 9.76. The van der Waals surface area contributed by atoms with Crippen molar-refractivity contribution in [3.63, 3.8) is 0 Å². The zero-order valence-corrected chi connectivity index (χ0v) is 20.5. The zero-order valence-electron chi connectivity index (χ0n) is 20.5. The molecule has 6 aromatic rings. The lowest BCUT2D eigenvalue weighted by molar-refractivity contribution is 0.984. The standard InChI is InChI=1S/C36H25N/c1-2-7-28-24(6-1)12-13-26-22-25(16-19-29(26)28)23-14-17-27(18-15-23)37-35-21-20-33-31-9-4-3-8-30(31)32-10-5-11-34(35)36(32)33/h1-4,6-10,12-22,37H,5,11H2. The number of benzene rings is 6. The van der Waals surface area contributed by atoms with E-state index in [-0.39, 0.29) is 0 Å². The summed E-state index contributed by atoms with van der Waals surface area (Å²) >= 11 is 0. The summed E-state index contributed by atoms with van der Waals surface area (Å²) in [7, 11) is 0. The van der Waals surface area contributed by atoms with E-state index in [0.717, 1.165) is 18.5 Å². The lowest BCUT2D eigenvalue weighted by atomic mass is 9.88. The molecule has 8 rings (SSSR count). The molecule has 174 valence electrons. The van der Waals surface area contributed by atoms with Crippen LogP contribution in [0, 0.1) is 0 Å². The van der Waals surface area contributed by atoms with Crippen molar-refractivity contribution >= 4 is 38.5 Å². The smallest absolute Gasteiger partial charge is 0.0423 e. The molecule has 0 heterocycles. The van der Waals surface area contributed by atoms with Gasteiger partial charge in [0, 0.05) is 11.4 Å². The molecule has 0 aromatic heterocycles. The fourth-order valence-corrected chi connectivity index (χ4v) is 6.31. The largest absolute Gasteiger partial charge is 0.355 e. The Morgan fingerprint density at radius 3 is 2.22 bits per heavy atom. The second kappa shape index (κ2) is 7.94. The van der Waals surface area contributed by atoms with Gasteiger partial charge in [-0.1, -0.05) is 97.1 Å². The molecular weight excluding hydrogens is 446 g/mol. The highest BCUT2D eigenvalue weighted by molar-refractivity contribution is 6.08. The van der Waals surface area contributed by atoms with E-state index in [1.807, 2.05) is 0 Å². The summed E-state index contributed by atoms with van der Waals surface area (Å²) in [5, 5.41) is 8.92. The quantitative estimate of drug-likeness (QED) is 0.253. The van der Waals surface area contributed by atoms with Crippen molar-refractivity contribution in [3.8, 4) is 22.3 Å². The summed E-state index contributed by atoms with van der Waals surface area (Å²) in [4.78, 5) is 0. The van der Waals surface area contributed by atoms with E-state index in [9.17, 15) is 0 Å². The molecular formula is C36H25N. The third kappa shape index (κ3) is 3.17. The molecule has 2 aliphatic rings. The number of fused-ring (bicyclic) bond motifs is 6. The average molecular weight is 472 g/mol. The molecule has 0 spiro atoms. The van der Waals surface area contributed by atoms with Gasteiger partial charge < -0.3 is 5.32 Å². The van der Waals surface area contributed by atoms with Crippen LogP contribution in [0.2, 0.25) is 0 Å². The highest BCUT2D eigenvalue weighted by Gasteiger charge is 2.28. The van der Waals surface area contributed by atoms with Crippen LogP contribution in [0.25, 0.3) is 49.4 Å². The lowest BCUT2D eigenvalue weighted by Crippen LogP contribution is -2.03. The maximum absolute atomic E-state index is 3.74. The van der Waals surface area contributed by atoms with Crippen LogP contribution < -0.4 is 5.32 Å². The van der Waals surface area contributed by atoms with Gasteiger partial charge in [-0.15, -0.1) is 0 Å². The summed E-state index contributed by atoms with van der Waals surface area (Å²) in [5.74, 6) is 0. The number of nitrogens with one attached hydrogen (secondary N) is 1. The van der Waals surface area contributed by atoms with Gasteiger partial charge in [-0.05, 0) is 103 Å². The Hall–Kier alpha value is -4.62. The fraction of sp³-hybridized carbons (Fsp3) is 0.0556. The first-order valence-corrected chi connectivity index (χ1v) is 13.1. The van der Waals surface area contributed by atoms with Crippen LogP contribution in [-0.2, 0) is 6.42 Å². The molecule has 37 heavy (non-hydrogen) atoms. The molecule has 6 aromatic carbocycles. The molecule has 1 nitrogen and oxygen atoms in total. The summed E-state index contributed by atoms with van der Waals surface area (Å²) in [6, 6.07) is 42.1. The van der Waals surface area contributed by atoms with Crippen molar-refractivity contribution in [2.45, 2.75) is 12.8 Å². The molecule has 0 bridgehead atoms. The lowest BCUT2D eigenvalue weighted by Gasteiger charge is -2.20. The van der Waals surface area contributed by atoms with Crippen LogP contribution in [-0.4, -0.2) is 0 Å². The van der Waals surface area contributed by atoms with Gasteiger partial charge in [0.2, 0.25) is 0 Å². The van der Waals surface area contributed by atoms with Crippen LogP contribution in [0.4, 0.5) is 11.4 Å². The average Bonchev–Trinajstić information content (AvgIpc) is 3.29. The second-order valence-electron chi connectivity index (χ2n) is 10.1. The Labute approximate surface area is 216 Å². The van der Waals surface area contributed by atoms with Crippen LogP contribution in [0.5, 0.6) is 0 Å². The highest BCUT2D eigenvalue weighted by Crippen LogP contribution is 2.50. The van der Waals surface area contributed by atoms with Gasteiger partial charge in [0.25, 0.3) is 0 Å². The third-order valence-electron chi connectivity index (χ3n) is 8.07. The van der Waals surface area contributed by atoms with Crippen molar-refractivity contribution in [1.82, 2.24) is 0 Å². The van der Waals surface area contributed by atoms with Crippen molar-refractivity contribution in [1.29, 1.82) is 0 Å². The molecule has 1 heteroatoms. The molecule has 0 radical (unpaired) electrons. The van der Waals surface area contributed by atoms with Crippen molar-refractivity contribution in [2.75, 3.05) is 5.32 Å². The van der Waals surface area contributed by atoms with Gasteiger partial charge in [-0.2, -0.15) is 0 Å². The zero-order chi connectivity index (χ0) is 24.3. The van der Waals surface area contributed by atoms with Gasteiger partial charge in [-0.25, -0.2) is 0 Å². The molecule has 0 saturated heterocycles. The first kappa shape index (κ1) is 20.6. The molecule has 1 N–H and O–H groups in total. The molecule has 0 unspecified atom stereocenters. The van der Waals surface area contributed by atoms with Gasteiger partial charge in [0.05, 0.1) is 0 Å². The van der Waals surface area contributed by atoms with Gasteiger partial charge >= 0.3 is 0 Å². The Balaban J connectivity index is 1.12. The summed E-state index contributed by atoms with van der Waals surface area (Å²) in [6.07, 6.45) is 4.58. The van der Waals surface area contributed by atoms with Crippen LogP contribution in [0.15, 0.2) is 121 Å². The normalized spacial score (nSPS) is 13.4. The van der Waals surface area contributed by atoms with E-state index in [2.05, 4.69) is 127 Å². The number of anilines is 2. The summed E-state index contributed by atoms with van der Waals surface area (Å²) < 4.78 is 0. The molecule has 0 atom stereocenters. The first-order valence-electron chi connectivity index (χ1n) is 13.1. The van der Waals surface area contributed by atoms with Crippen molar-refractivity contribution in [2.24, 2.45) is 0 Å². The van der Waals surface area contributed by atoms with Gasteiger partial charge in [0.1, 0.15) is 0 Å². The van der Waals surface area contributed by atoms with Crippen LogP contribution in [0.3, 0.4) is 0 Å². The highest BCUT2D eigenvalue weighted by atomic mass is 14.9. The van der Waals surface area contributed by atoms with E-state index in [1.54, 1.807) is 0 Å². The topological polar surface area (TPSA) is 12.0 Å². The number of allylic oxidation sites excluding steroid dienone is 1. The fourth-order valence-electron chi connectivity index (χ4n) is 6.31. The molecule has 0 saturated carbocycles. The Morgan fingerprint density at radius 2 is 1.30 bits per heavy atom. The number of rotatable bonds is 3. The number of hydrogen-bond donors (Lipinski definition) is 1. The SMILES string of the molecule is C1=C2c3ccccc3-c3ccc(Nc4ccc(-c5ccc6c(ccc7ccccc76)c5)cc4)c(c32)CC1. The second-order valence-corrected chi connectivity index (χ2v) is 10.1. The van der Waals surface area contributed by atoms with E-state index in [1.165, 1.54) is 71.7 Å². The van der Waals surface area contributed by atoms with Crippen molar-refractivity contribution in [3.05, 3.63) is 138 Å². The predicted molar refractivity (Wildman–Crippen MR) is 157 cm³/mol. The van der Waals surface area contributed by atoms with Crippen LogP contribution >= 0.6 is 0 Å². The Kier molecular flexibility index (Phi) is 4.41. The summed E-state index contributed by atoms with van der Waals surface area (Å²) in [6.45, 7) is 0. The minimum Gasteiger partial charge on any atom is -0.355 e. The molecule has 0 fully saturated rings. The maximum atomic E-state index is 3.74. The minimum absolute atomic E-state index is 1.08. The molecule has 0 amide bonds. The Morgan fingerprint density at radius 1 is 0.541 bits per heavy atom. The number of hydrogen-bond acceptors (Lipinski definition) is 1. The van der Waals surface area contributed by atoms with E-state index < -0.39 is 0 Å². The summed E-state index contributed by atoms with van der Waals surface area (Å²) in [5.41, 5.74) is 13.2. The van der Waals surface area contributed by atoms with E-state index in [0.29, 0.717) is 0 Å². The van der Waals surface area contributed by atoms with Gasteiger partial charge in [-0.3, -0.25) is 0 Å². The Bertz CT molecular complexity index is 1890. The van der Waals surface area contributed by atoms with Crippen molar-refractivity contribution < 1.29 is 0 Å². The van der Waals surface area contributed by atoms with E-state index in [4.69, 9.17) is 0 Å². The van der Waals surface area contributed by atoms with Crippen LogP contribution in [0.1, 0.15) is 23.1 Å². The molecule has 0 aliphatic heterocycles. The maximum Gasteiger partial charge on any atom is 0.0423 e. The minimum atomic E-state index is 1.08. The third-order valence-corrected chi connectivity index (χ3v) is 8.07. The first-order chi connectivity index (χ1) is 18.3. The van der Waals surface area contributed by atoms with E-state index >= 15 is 0 Å².